The second kappa shape index (κ2) is 12.4. The number of nitrogens with zero attached hydrogens (tertiary/aromatic N) is 4. The Morgan fingerprint density at radius 3 is 2.32 bits per heavy atom. The molecule has 1 aliphatic heterocycles. The number of hydrogen-bond donors (Lipinski definition) is 1. The van der Waals surface area contributed by atoms with Crippen molar-refractivity contribution in [3.8, 4) is 11.3 Å². The molecular weight excluding hydrogens is 609 g/mol. The number of benzene rings is 1. The third-order valence-corrected chi connectivity index (χ3v) is 7.05. The van der Waals surface area contributed by atoms with Gasteiger partial charge in [0.15, 0.2) is 0 Å². The minimum atomic E-state index is -4.86. The number of alkyl halides is 5. The van der Waals surface area contributed by atoms with Gasteiger partial charge in [-0.1, -0.05) is 17.8 Å². The monoisotopic (exact) mass is 643 g/mol. The molecule has 1 N–H and O–H groups in total. The van der Waals surface area contributed by atoms with Crippen LogP contribution >= 0.6 is 11.8 Å². The molecule has 0 radical (unpaired) electrons. The smallest absolute Gasteiger partial charge is 0.419 e. The van der Waals surface area contributed by atoms with E-state index < -0.39 is 46.6 Å². The molecule has 9 nitrogen and oxygen atoms in total. The van der Waals surface area contributed by atoms with Gasteiger partial charge in [-0.15, -0.1) is 0 Å². The van der Waals surface area contributed by atoms with E-state index in [1.54, 1.807) is 41.5 Å². The first-order chi connectivity index (χ1) is 20.3. The fourth-order valence-electron chi connectivity index (χ4n) is 4.67. The molecule has 0 saturated carbocycles. The zero-order valence-corrected chi connectivity index (χ0v) is 25.9. The quantitative estimate of drug-likeness (QED) is 0.221. The van der Waals surface area contributed by atoms with Gasteiger partial charge in [-0.25, -0.2) is 19.6 Å². The summed E-state index contributed by atoms with van der Waals surface area (Å²) in [6.45, 7) is 10.8. The third kappa shape index (κ3) is 8.30. The van der Waals surface area contributed by atoms with Crippen LogP contribution in [-0.4, -0.2) is 67.7 Å². The second-order valence-corrected chi connectivity index (χ2v) is 13.4. The molecule has 15 heteroatoms. The van der Waals surface area contributed by atoms with Crippen molar-refractivity contribution in [3.05, 3.63) is 36.2 Å². The first kappa shape index (κ1) is 33.3. The molecule has 3 heterocycles. The lowest BCUT2D eigenvalue weighted by Crippen LogP contribution is -2.47. The molecule has 2 aromatic heterocycles. The minimum Gasteiger partial charge on any atom is -0.444 e. The molecule has 1 aliphatic rings. The summed E-state index contributed by atoms with van der Waals surface area (Å²) in [5, 5.41) is 3.20. The molecule has 0 spiro atoms. The van der Waals surface area contributed by atoms with E-state index in [0.29, 0.717) is 25.6 Å². The molecule has 0 aliphatic carbocycles. The van der Waals surface area contributed by atoms with Gasteiger partial charge >= 0.3 is 18.4 Å². The molecule has 4 rings (SSSR count). The van der Waals surface area contributed by atoms with Crippen LogP contribution in [0.5, 0.6) is 0 Å². The lowest BCUT2D eigenvalue weighted by atomic mass is 10.1. The number of amides is 1. The predicted molar refractivity (Wildman–Crippen MR) is 156 cm³/mol. The molecule has 3 aromatic rings. The number of carbonyl (C=O) groups excluding carboxylic acids is 2. The van der Waals surface area contributed by atoms with E-state index in [4.69, 9.17) is 9.47 Å². The van der Waals surface area contributed by atoms with Crippen molar-refractivity contribution >= 4 is 40.8 Å². The van der Waals surface area contributed by atoms with E-state index >= 15 is 0 Å². The first-order valence-corrected chi connectivity index (χ1v) is 14.7. The summed E-state index contributed by atoms with van der Waals surface area (Å²) in [7, 11) is 0. The Labute approximate surface area is 255 Å². The van der Waals surface area contributed by atoms with Gasteiger partial charge in [-0.05, 0) is 66.5 Å². The normalized spacial score (nSPS) is 16.4. The molecule has 1 amide bonds. The highest BCUT2D eigenvalue weighted by atomic mass is 32.2. The number of likely N-dealkylation sites (tertiary alicyclic amines) is 1. The highest BCUT2D eigenvalue weighted by molar-refractivity contribution is 7.99. The van der Waals surface area contributed by atoms with Crippen molar-refractivity contribution < 1.29 is 41.0 Å². The number of halogens is 5. The Hall–Kier alpha value is -3.62. The summed E-state index contributed by atoms with van der Waals surface area (Å²) in [5.74, 6) is -2.87. The lowest BCUT2D eigenvalue weighted by Gasteiger charge is -2.34. The summed E-state index contributed by atoms with van der Waals surface area (Å²) >= 11 is 0.235. The topological polar surface area (TPSA) is 98.6 Å². The van der Waals surface area contributed by atoms with Crippen molar-refractivity contribution in [1.29, 1.82) is 0 Å². The predicted octanol–water partition coefficient (Wildman–Crippen LogP) is 8.03. The Balaban J connectivity index is 1.76. The number of piperidine rings is 1. The molecule has 1 fully saturated rings. The van der Waals surface area contributed by atoms with Crippen LogP contribution in [0.4, 0.5) is 37.5 Å². The van der Waals surface area contributed by atoms with Gasteiger partial charge < -0.3 is 19.7 Å². The number of carbonyl (C=O) groups is 2. The maximum Gasteiger partial charge on any atom is 0.419 e. The largest absolute Gasteiger partial charge is 0.444 e. The number of anilines is 1. The van der Waals surface area contributed by atoms with Crippen LogP contribution in [0, 0.1) is 0 Å². The molecule has 44 heavy (non-hydrogen) atoms. The van der Waals surface area contributed by atoms with Gasteiger partial charge in [-0.3, -0.25) is 4.57 Å². The van der Waals surface area contributed by atoms with E-state index in [1.807, 2.05) is 0 Å². The number of hydrogen-bond acceptors (Lipinski definition) is 8. The van der Waals surface area contributed by atoms with Gasteiger partial charge in [-0.2, -0.15) is 22.0 Å². The number of aromatic nitrogens is 3. The Morgan fingerprint density at radius 2 is 1.70 bits per heavy atom. The van der Waals surface area contributed by atoms with E-state index in [9.17, 15) is 31.5 Å². The van der Waals surface area contributed by atoms with Crippen LogP contribution in [0.3, 0.4) is 0 Å². The van der Waals surface area contributed by atoms with Crippen LogP contribution in [0.2, 0.25) is 0 Å². The van der Waals surface area contributed by atoms with Crippen LogP contribution in [0.25, 0.3) is 22.2 Å². The van der Waals surface area contributed by atoms with Crippen molar-refractivity contribution in [1.82, 2.24) is 19.4 Å². The van der Waals surface area contributed by atoms with Crippen molar-refractivity contribution in [2.75, 3.05) is 18.4 Å². The number of thioether (sulfide) groups is 1. The highest BCUT2D eigenvalue weighted by Gasteiger charge is 2.37. The number of rotatable bonds is 5. The lowest BCUT2D eigenvalue weighted by molar-refractivity contribution is -0.137. The van der Waals surface area contributed by atoms with E-state index in [0.717, 1.165) is 10.8 Å². The molecule has 240 valence electrons. The molecule has 0 bridgehead atoms. The van der Waals surface area contributed by atoms with E-state index in [1.165, 1.54) is 23.1 Å². The van der Waals surface area contributed by atoms with Gasteiger partial charge in [0.05, 0.1) is 11.2 Å². The fourth-order valence-corrected chi connectivity index (χ4v) is 5.20. The maximum absolute atomic E-state index is 14.3. The average molecular weight is 644 g/mol. The third-order valence-electron chi connectivity index (χ3n) is 6.35. The first-order valence-electron chi connectivity index (χ1n) is 13.8. The second-order valence-electron chi connectivity index (χ2n) is 12.3. The van der Waals surface area contributed by atoms with E-state index in [-0.39, 0.29) is 51.7 Å². The van der Waals surface area contributed by atoms with Crippen molar-refractivity contribution in [2.45, 2.75) is 88.5 Å². The van der Waals surface area contributed by atoms with Gasteiger partial charge in [0, 0.05) is 47.4 Å². The highest BCUT2D eigenvalue weighted by Crippen LogP contribution is 2.41. The van der Waals surface area contributed by atoms with Crippen molar-refractivity contribution in [2.24, 2.45) is 0 Å². The number of nitrogens with one attached hydrogen (secondary N) is 1. The van der Waals surface area contributed by atoms with Crippen LogP contribution in [0.15, 0.2) is 35.5 Å². The molecule has 0 unspecified atom stereocenters. The average Bonchev–Trinajstić information content (AvgIpc) is 3.25. The Kier molecular flexibility index (Phi) is 9.38. The van der Waals surface area contributed by atoms with Gasteiger partial charge in [0.1, 0.15) is 16.8 Å². The Morgan fingerprint density at radius 1 is 1.05 bits per heavy atom. The summed E-state index contributed by atoms with van der Waals surface area (Å²) < 4.78 is 80.9. The van der Waals surface area contributed by atoms with Crippen LogP contribution in [-0.2, 0) is 15.7 Å². The molecule has 1 aromatic carbocycles. The van der Waals surface area contributed by atoms with Gasteiger partial charge in [0.2, 0.25) is 5.95 Å². The van der Waals surface area contributed by atoms with E-state index in [2.05, 4.69) is 15.3 Å². The summed E-state index contributed by atoms with van der Waals surface area (Å²) in [6.07, 6.45) is -3.25. The fraction of sp³-hybridized carbons (Fsp3) is 0.517. The van der Waals surface area contributed by atoms with Crippen LogP contribution < -0.4 is 5.32 Å². The molecule has 1 atom stereocenters. The summed E-state index contributed by atoms with van der Waals surface area (Å²) in [6, 6.07) is 3.62. The van der Waals surface area contributed by atoms with Crippen molar-refractivity contribution in [3.63, 3.8) is 0 Å². The molecular formula is C29H34F5N5O4S. The standard InChI is InChI=1S/C29H34F5N5O4S/c1-27(2,3)42-25(40)38-11-7-8-16(14-38)36-24-35-13-20(29(32,33)34)22(37-24)19-15-39(26(41)43-28(4,5)6)21-12-17(44-23(30)31)9-10-18(19)21/h9-10,12-13,15-16,23H,7-8,11,14H2,1-6H3,(H,35,36,37)/t16-/m0/s1. The Bertz CT molecular complexity index is 1530. The number of fused-ring (bicyclic) bond motifs is 1. The zero-order valence-electron chi connectivity index (χ0n) is 25.1. The zero-order chi connectivity index (χ0) is 32.6. The molecule has 1 saturated heterocycles. The minimum absolute atomic E-state index is 0.0708. The number of ether oxygens (including phenoxy) is 2. The SMILES string of the molecule is CC(C)(C)OC(=O)N1CCC[C@H](Nc2ncc(C(F)(F)F)c(-c3cn(C(=O)OC(C)(C)C)c4cc(SC(F)F)ccc34)n2)C1. The van der Waals surface area contributed by atoms with Crippen LogP contribution in [0.1, 0.15) is 59.9 Å². The summed E-state index contributed by atoms with van der Waals surface area (Å²) in [4.78, 5) is 35.5. The summed E-state index contributed by atoms with van der Waals surface area (Å²) in [5.41, 5.74) is -3.31. The van der Waals surface area contributed by atoms with Gasteiger partial charge in [0.25, 0.3) is 5.76 Å². The maximum atomic E-state index is 14.3.